The molecule has 1 heterocycles. The first-order chi connectivity index (χ1) is 12.1. The van der Waals surface area contributed by atoms with Crippen LogP contribution in [0.15, 0.2) is 71.9 Å². The summed E-state index contributed by atoms with van der Waals surface area (Å²) in [5.74, 6) is 0.597. The summed E-state index contributed by atoms with van der Waals surface area (Å²) in [5.41, 5.74) is 0.830. The van der Waals surface area contributed by atoms with E-state index in [2.05, 4.69) is 14.9 Å². The fourth-order valence-electron chi connectivity index (χ4n) is 2.41. The smallest absolute Gasteiger partial charge is 0.241 e. The van der Waals surface area contributed by atoms with E-state index in [1.807, 2.05) is 30.3 Å². The summed E-state index contributed by atoms with van der Waals surface area (Å²) in [4.78, 5) is 1.62. The minimum absolute atomic E-state index is 0.169. The van der Waals surface area contributed by atoms with Gasteiger partial charge in [-0.15, -0.1) is 0 Å². The number of methoxy groups -OCH3 is 1. The van der Waals surface area contributed by atoms with E-state index in [-0.39, 0.29) is 11.4 Å². The molecule has 0 saturated heterocycles. The van der Waals surface area contributed by atoms with Gasteiger partial charge in [-0.05, 0) is 29.8 Å². The van der Waals surface area contributed by atoms with Crippen LogP contribution in [0.2, 0.25) is 0 Å². The largest absolute Gasteiger partial charge is 0.497 e. The predicted molar refractivity (Wildman–Crippen MR) is 92.5 cm³/mol. The van der Waals surface area contributed by atoms with Crippen molar-refractivity contribution in [3.05, 3.63) is 72.6 Å². The first-order valence-corrected chi connectivity index (χ1v) is 9.12. The van der Waals surface area contributed by atoms with E-state index in [4.69, 9.17) is 4.74 Å². The highest BCUT2D eigenvalue weighted by Crippen LogP contribution is 2.20. The molecule has 0 aliphatic rings. The van der Waals surface area contributed by atoms with Crippen molar-refractivity contribution < 1.29 is 13.2 Å². The maximum atomic E-state index is 12.7. The summed E-state index contributed by atoms with van der Waals surface area (Å²) in [6.07, 6.45) is 3.11. The zero-order valence-corrected chi connectivity index (χ0v) is 14.4. The Kier molecular flexibility index (Phi) is 5.11. The SMILES string of the molecule is COc1ccc(S(=O)(=O)NC(Cn2nccn2)c2ccccc2)cc1. The zero-order chi connectivity index (χ0) is 17.7. The van der Waals surface area contributed by atoms with E-state index in [1.165, 1.54) is 24.0 Å². The molecule has 0 aliphatic heterocycles. The number of aromatic nitrogens is 3. The minimum Gasteiger partial charge on any atom is -0.497 e. The summed E-state index contributed by atoms with van der Waals surface area (Å²) in [6, 6.07) is 15.1. The number of rotatable bonds is 7. The molecule has 0 aliphatic carbocycles. The fraction of sp³-hybridized carbons (Fsp3) is 0.176. The molecule has 8 heteroatoms. The molecule has 7 nitrogen and oxygen atoms in total. The lowest BCUT2D eigenvalue weighted by Crippen LogP contribution is -2.32. The second-order valence-corrected chi connectivity index (χ2v) is 7.06. The number of benzene rings is 2. The molecule has 130 valence electrons. The molecule has 1 N–H and O–H groups in total. The molecule has 0 fully saturated rings. The van der Waals surface area contributed by atoms with Crippen molar-refractivity contribution in [1.82, 2.24) is 19.7 Å². The van der Waals surface area contributed by atoms with Crippen molar-refractivity contribution in [3.63, 3.8) is 0 Å². The molecule has 0 bridgehead atoms. The molecule has 1 atom stereocenters. The fourth-order valence-corrected chi connectivity index (χ4v) is 3.62. The third-order valence-electron chi connectivity index (χ3n) is 3.68. The van der Waals surface area contributed by atoms with Gasteiger partial charge in [0.1, 0.15) is 5.75 Å². The Morgan fingerprint density at radius 2 is 1.68 bits per heavy atom. The van der Waals surface area contributed by atoms with Crippen LogP contribution >= 0.6 is 0 Å². The van der Waals surface area contributed by atoms with Crippen molar-refractivity contribution in [2.45, 2.75) is 17.5 Å². The van der Waals surface area contributed by atoms with E-state index in [1.54, 1.807) is 24.5 Å². The monoisotopic (exact) mass is 358 g/mol. The lowest BCUT2D eigenvalue weighted by atomic mass is 10.1. The normalized spacial score (nSPS) is 12.7. The quantitative estimate of drug-likeness (QED) is 0.698. The maximum Gasteiger partial charge on any atom is 0.241 e. The van der Waals surface area contributed by atoms with Gasteiger partial charge in [-0.25, -0.2) is 13.1 Å². The van der Waals surface area contributed by atoms with Gasteiger partial charge in [-0.2, -0.15) is 15.0 Å². The molecule has 1 unspecified atom stereocenters. The number of hydrogen-bond acceptors (Lipinski definition) is 5. The van der Waals surface area contributed by atoms with Crippen molar-refractivity contribution in [3.8, 4) is 5.75 Å². The van der Waals surface area contributed by atoms with Crippen molar-refractivity contribution in [1.29, 1.82) is 0 Å². The molecule has 25 heavy (non-hydrogen) atoms. The Balaban J connectivity index is 1.87. The number of nitrogens with zero attached hydrogens (tertiary/aromatic N) is 3. The lowest BCUT2D eigenvalue weighted by Gasteiger charge is -2.19. The van der Waals surface area contributed by atoms with Crippen LogP contribution in [0.4, 0.5) is 0 Å². The first kappa shape index (κ1) is 17.1. The highest BCUT2D eigenvalue weighted by Gasteiger charge is 2.22. The molecule has 0 saturated carbocycles. The van der Waals surface area contributed by atoms with Gasteiger partial charge in [-0.3, -0.25) is 0 Å². The molecule has 2 aromatic carbocycles. The summed E-state index contributed by atoms with van der Waals surface area (Å²) >= 11 is 0. The van der Waals surface area contributed by atoms with Crippen LogP contribution < -0.4 is 9.46 Å². The van der Waals surface area contributed by atoms with Gasteiger partial charge in [0.15, 0.2) is 0 Å². The molecular formula is C17H18N4O3S. The Morgan fingerprint density at radius 1 is 1.04 bits per heavy atom. The third-order valence-corrected chi connectivity index (χ3v) is 5.17. The average molecular weight is 358 g/mol. The van der Waals surface area contributed by atoms with Crippen molar-refractivity contribution in [2.75, 3.05) is 7.11 Å². The predicted octanol–water partition coefficient (Wildman–Crippen LogP) is 2.01. The van der Waals surface area contributed by atoms with Crippen LogP contribution in [0.25, 0.3) is 0 Å². The van der Waals surface area contributed by atoms with Crippen LogP contribution in [0, 0.1) is 0 Å². The Hall–Kier alpha value is -2.71. The molecular weight excluding hydrogens is 340 g/mol. The summed E-state index contributed by atoms with van der Waals surface area (Å²) in [7, 11) is -2.18. The summed E-state index contributed by atoms with van der Waals surface area (Å²) < 4.78 is 33.3. The minimum atomic E-state index is -3.71. The Bertz CT molecular complexity index is 895. The molecule has 3 aromatic rings. The number of ether oxygens (including phenoxy) is 1. The van der Waals surface area contributed by atoms with Gasteiger partial charge >= 0.3 is 0 Å². The van der Waals surface area contributed by atoms with Crippen LogP contribution in [0.5, 0.6) is 5.75 Å². The molecule has 1 aromatic heterocycles. The van der Waals surface area contributed by atoms with E-state index < -0.39 is 16.1 Å². The molecule has 0 amide bonds. The van der Waals surface area contributed by atoms with Gasteiger partial charge in [0.2, 0.25) is 10.0 Å². The van der Waals surface area contributed by atoms with Gasteiger partial charge < -0.3 is 4.74 Å². The van der Waals surface area contributed by atoms with Crippen LogP contribution in [-0.4, -0.2) is 30.5 Å². The van der Waals surface area contributed by atoms with Gasteiger partial charge in [0.25, 0.3) is 0 Å². The topological polar surface area (TPSA) is 86.1 Å². The Labute approximate surface area is 146 Å². The third kappa shape index (κ3) is 4.23. The average Bonchev–Trinajstić information content (AvgIpc) is 3.15. The number of nitrogens with one attached hydrogen (secondary N) is 1. The summed E-state index contributed by atoms with van der Waals surface area (Å²) in [5, 5.41) is 8.12. The molecule has 0 radical (unpaired) electrons. The standard InChI is InChI=1S/C17H18N4O3S/c1-24-15-7-9-16(10-8-15)25(22,23)20-17(13-21-18-11-12-19-21)14-5-3-2-4-6-14/h2-12,17,20H,13H2,1H3. The van der Waals surface area contributed by atoms with Gasteiger partial charge in [0, 0.05) is 0 Å². The van der Waals surface area contributed by atoms with Gasteiger partial charge in [0.05, 0.1) is 37.0 Å². The van der Waals surface area contributed by atoms with Crippen LogP contribution in [-0.2, 0) is 16.6 Å². The second-order valence-electron chi connectivity index (χ2n) is 5.34. The van der Waals surface area contributed by atoms with Crippen molar-refractivity contribution in [2.24, 2.45) is 0 Å². The van der Waals surface area contributed by atoms with E-state index >= 15 is 0 Å². The van der Waals surface area contributed by atoms with E-state index in [9.17, 15) is 8.42 Å². The maximum absolute atomic E-state index is 12.7. The number of hydrogen-bond donors (Lipinski definition) is 1. The van der Waals surface area contributed by atoms with Crippen LogP contribution in [0.3, 0.4) is 0 Å². The van der Waals surface area contributed by atoms with Crippen LogP contribution in [0.1, 0.15) is 11.6 Å². The second kappa shape index (κ2) is 7.45. The van der Waals surface area contributed by atoms with E-state index in [0.29, 0.717) is 5.75 Å². The van der Waals surface area contributed by atoms with Gasteiger partial charge in [-0.1, -0.05) is 30.3 Å². The zero-order valence-electron chi connectivity index (χ0n) is 13.6. The molecule has 3 rings (SSSR count). The highest BCUT2D eigenvalue weighted by molar-refractivity contribution is 7.89. The lowest BCUT2D eigenvalue weighted by molar-refractivity contribution is 0.414. The van der Waals surface area contributed by atoms with Crippen molar-refractivity contribution >= 4 is 10.0 Å². The number of sulfonamides is 1. The summed E-state index contributed by atoms with van der Waals surface area (Å²) in [6.45, 7) is 0.284. The Morgan fingerprint density at radius 3 is 2.28 bits per heavy atom. The highest BCUT2D eigenvalue weighted by atomic mass is 32.2. The van der Waals surface area contributed by atoms with E-state index in [0.717, 1.165) is 5.56 Å². The molecule has 0 spiro atoms. The first-order valence-electron chi connectivity index (χ1n) is 7.64.